The fraction of sp³-hybridized carbons (Fsp3) is 0.381. The number of nitrogens with zero attached hydrogens (tertiary/aromatic N) is 4. The number of rotatable bonds is 6. The molecule has 1 fully saturated rings. The summed E-state index contributed by atoms with van der Waals surface area (Å²) in [5.41, 5.74) is 3.53. The molecule has 28 heavy (non-hydrogen) atoms. The van der Waals surface area contributed by atoms with E-state index in [4.69, 9.17) is 4.98 Å². The van der Waals surface area contributed by atoms with E-state index < -0.39 is 0 Å². The Morgan fingerprint density at radius 1 is 1.21 bits per heavy atom. The summed E-state index contributed by atoms with van der Waals surface area (Å²) in [7, 11) is 0. The molecular formula is C21H25N5OS. The SMILES string of the molecule is Cc1cn2nc(C(=O)NCCCc3ccccc3)cc2c(N2CCSCC2)n1. The van der Waals surface area contributed by atoms with Crippen molar-refractivity contribution in [3.05, 3.63) is 59.5 Å². The Kier molecular flexibility index (Phi) is 5.81. The molecule has 6 nitrogen and oxygen atoms in total. The topological polar surface area (TPSA) is 62.5 Å². The van der Waals surface area contributed by atoms with Gasteiger partial charge in [0, 0.05) is 37.2 Å². The fourth-order valence-electron chi connectivity index (χ4n) is 3.44. The zero-order chi connectivity index (χ0) is 19.3. The maximum absolute atomic E-state index is 12.6. The summed E-state index contributed by atoms with van der Waals surface area (Å²) in [6, 6.07) is 12.2. The molecule has 1 aliphatic rings. The minimum absolute atomic E-state index is 0.130. The molecule has 1 aliphatic heterocycles. The smallest absolute Gasteiger partial charge is 0.271 e. The van der Waals surface area contributed by atoms with Crippen LogP contribution < -0.4 is 10.2 Å². The van der Waals surface area contributed by atoms with Gasteiger partial charge in [0.05, 0.1) is 11.9 Å². The number of nitrogens with one attached hydrogen (secondary N) is 1. The Labute approximate surface area is 169 Å². The number of anilines is 1. The molecule has 3 heterocycles. The number of amides is 1. The van der Waals surface area contributed by atoms with E-state index >= 15 is 0 Å². The van der Waals surface area contributed by atoms with Crippen molar-refractivity contribution in [3.8, 4) is 0 Å². The predicted octanol–water partition coefficient (Wildman–Crippen LogP) is 2.95. The van der Waals surface area contributed by atoms with Crippen molar-refractivity contribution in [2.24, 2.45) is 0 Å². The van der Waals surface area contributed by atoms with Crippen molar-refractivity contribution in [1.29, 1.82) is 0 Å². The first-order valence-corrected chi connectivity index (χ1v) is 10.9. The molecule has 0 aliphatic carbocycles. The van der Waals surface area contributed by atoms with Crippen LogP contribution in [0.5, 0.6) is 0 Å². The molecule has 1 saturated heterocycles. The van der Waals surface area contributed by atoms with Crippen LogP contribution >= 0.6 is 11.8 Å². The van der Waals surface area contributed by atoms with Gasteiger partial charge in [-0.15, -0.1) is 0 Å². The monoisotopic (exact) mass is 395 g/mol. The standard InChI is InChI=1S/C21H25N5OS/c1-16-15-26-19(20(23-16)25-10-12-28-13-11-25)14-18(24-26)21(27)22-9-5-8-17-6-3-2-4-7-17/h2-4,6-7,14-15H,5,8-13H2,1H3,(H,22,27). The molecule has 0 bridgehead atoms. The van der Waals surface area contributed by atoms with E-state index in [9.17, 15) is 4.79 Å². The van der Waals surface area contributed by atoms with Crippen LogP contribution in [0, 0.1) is 6.92 Å². The molecule has 1 aromatic carbocycles. The second kappa shape index (κ2) is 8.65. The quantitative estimate of drug-likeness (QED) is 0.650. The summed E-state index contributed by atoms with van der Waals surface area (Å²) in [6.07, 6.45) is 3.73. The van der Waals surface area contributed by atoms with Gasteiger partial charge in [0.1, 0.15) is 5.52 Å². The Hall–Kier alpha value is -2.54. The van der Waals surface area contributed by atoms with Gasteiger partial charge in [-0.25, -0.2) is 9.50 Å². The molecule has 1 N–H and O–H groups in total. The van der Waals surface area contributed by atoms with Crippen molar-refractivity contribution in [2.45, 2.75) is 19.8 Å². The average molecular weight is 396 g/mol. The first-order chi connectivity index (χ1) is 13.7. The molecule has 1 amide bonds. The van der Waals surface area contributed by atoms with Crippen molar-refractivity contribution < 1.29 is 4.79 Å². The van der Waals surface area contributed by atoms with Gasteiger partial charge in [0.25, 0.3) is 5.91 Å². The molecule has 0 radical (unpaired) electrons. The largest absolute Gasteiger partial charge is 0.353 e. The van der Waals surface area contributed by atoms with E-state index in [2.05, 4.69) is 27.4 Å². The fourth-order valence-corrected chi connectivity index (χ4v) is 4.34. The van der Waals surface area contributed by atoms with Crippen LogP contribution in [-0.2, 0) is 6.42 Å². The third-order valence-electron chi connectivity index (χ3n) is 4.87. The maximum atomic E-state index is 12.6. The average Bonchev–Trinajstić information content (AvgIpc) is 3.16. The highest BCUT2D eigenvalue weighted by Gasteiger charge is 2.19. The second-order valence-electron chi connectivity index (χ2n) is 7.01. The summed E-state index contributed by atoms with van der Waals surface area (Å²) >= 11 is 1.97. The summed E-state index contributed by atoms with van der Waals surface area (Å²) in [5.74, 6) is 3.00. The maximum Gasteiger partial charge on any atom is 0.271 e. The van der Waals surface area contributed by atoms with Crippen LogP contribution in [0.25, 0.3) is 5.52 Å². The van der Waals surface area contributed by atoms with Crippen molar-refractivity contribution in [2.75, 3.05) is 36.0 Å². The van der Waals surface area contributed by atoms with Crippen molar-refractivity contribution >= 4 is 29.0 Å². The third kappa shape index (κ3) is 4.30. The molecule has 3 aromatic rings. The van der Waals surface area contributed by atoms with Crippen LogP contribution in [0.15, 0.2) is 42.6 Å². The summed E-state index contributed by atoms with van der Waals surface area (Å²) in [5, 5.41) is 7.49. The van der Waals surface area contributed by atoms with E-state index in [1.807, 2.05) is 49.1 Å². The number of aromatic nitrogens is 3. The molecular weight excluding hydrogens is 370 g/mol. The van der Waals surface area contributed by atoms with Crippen LogP contribution in [0.2, 0.25) is 0 Å². The summed E-state index contributed by atoms with van der Waals surface area (Å²) in [6.45, 7) is 4.55. The molecule has 0 saturated carbocycles. The Bertz CT molecular complexity index is 950. The number of carbonyl (C=O) groups is 1. The summed E-state index contributed by atoms with van der Waals surface area (Å²) < 4.78 is 1.79. The number of hydrogen-bond donors (Lipinski definition) is 1. The molecule has 7 heteroatoms. The van der Waals surface area contributed by atoms with Crippen molar-refractivity contribution in [3.63, 3.8) is 0 Å². The number of carbonyl (C=O) groups excluding carboxylic acids is 1. The van der Waals surface area contributed by atoms with Crippen LogP contribution in [0.3, 0.4) is 0 Å². The number of thioether (sulfide) groups is 1. The third-order valence-corrected chi connectivity index (χ3v) is 5.81. The van der Waals surface area contributed by atoms with Crippen LogP contribution in [0.1, 0.15) is 28.2 Å². The van der Waals surface area contributed by atoms with Gasteiger partial charge in [-0.05, 0) is 25.3 Å². The van der Waals surface area contributed by atoms with Crippen LogP contribution in [-0.4, -0.2) is 51.6 Å². The predicted molar refractivity (Wildman–Crippen MR) is 114 cm³/mol. The first-order valence-electron chi connectivity index (χ1n) is 9.72. The Balaban J connectivity index is 1.44. The van der Waals surface area contributed by atoms with E-state index in [0.29, 0.717) is 12.2 Å². The number of hydrogen-bond acceptors (Lipinski definition) is 5. The van der Waals surface area contributed by atoms with Gasteiger partial charge in [-0.1, -0.05) is 30.3 Å². The van der Waals surface area contributed by atoms with Crippen molar-refractivity contribution in [1.82, 2.24) is 19.9 Å². The van der Waals surface area contributed by atoms with Gasteiger partial charge in [-0.3, -0.25) is 4.79 Å². The number of benzene rings is 1. The molecule has 0 atom stereocenters. The molecule has 0 unspecified atom stereocenters. The van der Waals surface area contributed by atoms with E-state index in [0.717, 1.165) is 54.5 Å². The first kappa shape index (κ1) is 18.8. The Morgan fingerprint density at radius 3 is 2.79 bits per heavy atom. The van der Waals surface area contributed by atoms with E-state index in [-0.39, 0.29) is 5.91 Å². The highest BCUT2D eigenvalue weighted by Crippen LogP contribution is 2.24. The second-order valence-corrected chi connectivity index (χ2v) is 8.23. The van der Waals surface area contributed by atoms with Gasteiger partial charge in [-0.2, -0.15) is 16.9 Å². The van der Waals surface area contributed by atoms with Gasteiger partial charge < -0.3 is 10.2 Å². The lowest BCUT2D eigenvalue weighted by Crippen LogP contribution is -2.33. The van der Waals surface area contributed by atoms with Gasteiger partial charge in [0.15, 0.2) is 11.5 Å². The molecule has 146 valence electrons. The zero-order valence-corrected chi connectivity index (χ0v) is 16.9. The Morgan fingerprint density at radius 2 is 2.00 bits per heavy atom. The minimum atomic E-state index is -0.130. The normalized spacial score (nSPS) is 14.4. The van der Waals surface area contributed by atoms with Crippen LogP contribution in [0.4, 0.5) is 5.82 Å². The van der Waals surface area contributed by atoms with Gasteiger partial charge >= 0.3 is 0 Å². The lowest BCUT2D eigenvalue weighted by Gasteiger charge is -2.28. The number of fused-ring (bicyclic) bond motifs is 1. The molecule has 0 spiro atoms. The zero-order valence-electron chi connectivity index (χ0n) is 16.1. The highest BCUT2D eigenvalue weighted by atomic mass is 32.2. The highest BCUT2D eigenvalue weighted by molar-refractivity contribution is 7.99. The number of aryl methyl sites for hydroxylation is 2. The lowest BCUT2D eigenvalue weighted by molar-refractivity contribution is 0.0948. The van der Waals surface area contributed by atoms with E-state index in [1.54, 1.807) is 4.52 Å². The van der Waals surface area contributed by atoms with E-state index in [1.165, 1.54) is 5.56 Å². The molecule has 2 aromatic heterocycles. The molecule has 4 rings (SSSR count). The lowest BCUT2D eigenvalue weighted by atomic mass is 10.1. The van der Waals surface area contributed by atoms with Gasteiger partial charge in [0.2, 0.25) is 0 Å². The summed E-state index contributed by atoms with van der Waals surface area (Å²) in [4.78, 5) is 19.6. The minimum Gasteiger partial charge on any atom is -0.353 e.